The number of thiophene rings is 1. The van der Waals surface area contributed by atoms with Crippen molar-refractivity contribution in [2.45, 2.75) is 24.5 Å². The maximum absolute atomic E-state index is 13.2. The van der Waals surface area contributed by atoms with Crippen LogP contribution in [0.4, 0.5) is 11.4 Å². The number of nitrogens with two attached hydrogens (primary N) is 1. The van der Waals surface area contributed by atoms with Crippen molar-refractivity contribution in [1.82, 2.24) is 0 Å². The van der Waals surface area contributed by atoms with Crippen LogP contribution < -0.4 is 10.6 Å². The summed E-state index contributed by atoms with van der Waals surface area (Å²) in [6.45, 7) is 0.797. The van der Waals surface area contributed by atoms with Gasteiger partial charge >= 0.3 is 0 Å². The molecule has 5 heteroatoms. The summed E-state index contributed by atoms with van der Waals surface area (Å²) in [6.07, 6.45) is 3.04. The van der Waals surface area contributed by atoms with Gasteiger partial charge in [0, 0.05) is 22.8 Å². The molecule has 3 heterocycles. The lowest BCUT2D eigenvalue weighted by Gasteiger charge is -2.34. The molecule has 0 saturated carbocycles. The molecule has 22 heavy (non-hydrogen) atoms. The molecule has 1 aromatic heterocycles. The maximum Gasteiger partial charge on any atom is 0.244 e. The topological polar surface area (TPSA) is 46.3 Å². The number of rotatable bonds is 1. The minimum absolute atomic E-state index is 0.0534. The van der Waals surface area contributed by atoms with Crippen molar-refractivity contribution in [3.05, 3.63) is 45.6 Å². The van der Waals surface area contributed by atoms with Crippen LogP contribution in [0.1, 0.15) is 27.7 Å². The third kappa shape index (κ3) is 2.23. The molecule has 4 rings (SSSR count). The third-order valence-electron chi connectivity index (χ3n) is 4.45. The number of benzene rings is 1. The fourth-order valence-corrected chi connectivity index (χ4v) is 5.73. The zero-order valence-electron chi connectivity index (χ0n) is 12.2. The number of fused-ring (bicyclic) bond motifs is 2. The van der Waals surface area contributed by atoms with Crippen molar-refractivity contribution in [3.8, 4) is 0 Å². The van der Waals surface area contributed by atoms with E-state index in [2.05, 4.69) is 11.4 Å². The fourth-order valence-electron chi connectivity index (χ4n) is 3.37. The molecule has 1 amide bonds. The smallest absolute Gasteiger partial charge is 0.244 e. The molecule has 2 N–H and O–H groups in total. The summed E-state index contributed by atoms with van der Waals surface area (Å²) < 4.78 is 0. The number of nitrogen functional groups attached to an aromatic ring is 1. The first kappa shape index (κ1) is 14.2. The molecule has 1 atom stereocenters. The van der Waals surface area contributed by atoms with E-state index in [0.717, 1.165) is 48.5 Å². The van der Waals surface area contributed by atoms with Crippen LogP contribution in [0.15, 0.2) is 29.6 Å². The first-order valence-corrected chi connectivity index (χ1v) is 9.55. The standard InChI is InChI=1S/C17H18N2OS2/c18-13-4-1-5-14-11(13)3-2-8-19(14)17(20)16-12-6-9-21-15(12)7-10-22-16/h1,4-6,9,16H,2-3,7-8,10,18H2. The highest BCUT2D eigenvalue weighted by molar-refractivity contribution is 8.00. The molecule has 1 aromatic carbocycles. The van der Waals surface area contributed by atoms with Gasteiger partial charge in [-0.25, -0.2) is 0 Å². The van der Waals surface area contributed by atoms with E-state index >= 15 is 0 Å². The van der Waals surface area contributed by atoms with E-state index in [-0.39, 0.29) is 11.2 Å². The fraction of sp³-hybridized carbons (Fsp3) is 0.353. The molecular weight excluding hydrogens is 312 g/mol. The maximum atomic E-state index is 13.2. The lowest BCUT2D eigenvalue weighted by atomic mass is 9.99. The van der Waals surface area contributed by atoms with Crippen molar-refractivity contribution in [2.75, 3.05) is 22.9 Å². The monoisotopic (exact) mass is 330 g/mol. The second-order valence-corrected chi connectivity index (χ2v) is 7.95. The SMILES string of the molecule is Nc1cccc2c1CCCN2C(=O)C1SCCc2sccc21. The van der Waals surface area contributed by atoms with E-state index in [0.29, 0.717) is 0 Å². The van der Waals surface area contributed by atoms with Gasteiger partial charge in [-0.1, -0.05) is 6.07 Å². The molecular formula is C17H18N2OS2. The molecule has 114 valence electrons. The Bertz CT molecular complexity index is 725. The van der Waals surface area contributed by atoms with Gasteiger partial charge < -0.3 is 10.6 Å². The van der Waals surface area contributed by atoms with Crippen molar-refractivity contribution in [3.63, 3.8) is 0 Å². The summed E-state index contributed by atoms with van der Waals surface area (Å²) in [4.78, 5) is 16.5. The molecule has 0 fully saturated rings. The number of thioether (sulfide) groups is 1. The Morgan fingerprint density at radius 3 is 3.09 bits per heavy atom. The van der Waals surface area contributed by atoms with E-state index in [1.165, 1.54) is 10.4 Å². The first-order chi connectivity index (χ1) is 10.8. The van der Waals surface area contributed by atoms with E-state index in [9.17, 15) is 4.79 Å². The molecule has 2 aromatic rings. The Balaban J connectivity index is 1.70. The molecule has 0 aliphatic carbocycles. The number of carbonyl (C=O) groups is 1. The van der Waals surface area contributed by atoms with Crippen molar-refractivity contribution in [2.24, 2.45) is 0 Å². The lowest BCUT2D eigenvalue weighted by molar-refractivity contribution is -0.118. The zero-order valence-corrected chi connectivity index (χ0v) is 13.9. The highest BCUT2D eigenvalue weighted by Crippen LogP contribution is 2.42. The Morgan fingerprint density at radius 2 is 2.18 bits per heavy atom. The number of aryl methyl sites for hydroxylation is 1. The molecule has 3 nitrogen and oxygen atoms in total. The largest absolute Gasteiger partial charge is 0.398 e. The first-order valence-electron chi connectivity index (χ1n) is 7.62. The Kier molecular flexibility index (Phi) is 3.62. The van der Waals surface area contributed by atoms with Gasteiger partial charge in [-0.2, -0.15) is 0 Å². The van der Waals surface area contributed by atoms with Gasteiger partial charge in [-0.15, -0.1) is 23.1 Å². The normalized spacial score (nSPS) is 20.4. The van der Waals surface area contributed by atoms with E-state index < -0.39 is 0 Å². The number of hydrogen-bond donors (Lipinski definition) is 1. The van der Waals surface area contributed by atoms with Crippen molar-refractivity contribution in [1.29, 1.82) is 0 Å². The average Bonchev–Trinajstić information content (AvgIpc) is 3.03. The number of amides is 1. The van der Waals surface area contributed by atoms with Gasteiger partial charge in [-0.05, 0) is 59.7 Å². The second-order valence-electron chi connectivity index (χ2n) is 5.74. The van der Waals surface area contributed by atoms with E-state index in [1.807, 2.05) is 23.1 Å². The summed E-state index contributed by atoms with van der Waals surface area (Å²) in [6, 6.07) is 8.03. The minimum atomic E-state index is -0.0534. The van der Waals surface area contributed by atoms with Gasteiger partial charge in [0.1, 0.15) is 5.25 Å². The Morgan fingerprint density at radius 1 is 1.27 bits per heavy atom. The van der Waals surface area contributed by atoms with Crippen molar-refractivity contribution >= 4 is 40.4 Å². The highest BCUT2D eigenvalue weighted by atomic mass is 32.2. The Hall–Kier alpha value is -1.46. The number of carbonyl (C=O) groups excluding carboxylic acids is 1. The zero-order chi connectivity index (χ0) is 15.1. The predicted molar refractivity (Wildman–Crippen MR) is 94.8 cm³/mol. The molecule has 0 bridgehead atoms. The van der Waals surface area contributed by atoms with Crippen LogP contribution >= 0.6 is 23.1 Å². The summed E-state index contributed by atoms with van der Waals surface area (Å²) in [5.41, 5.74) is 10.3. The number of hydrogen-bond acceptors (Lipinski definition) is 4. The predicted octanol–water partition coefficient (Wildman–Crippen LogP) is 3.64. The van der Waals surface area contributed by atoms with Crippen LogP contribution in [0.5, 0.6) is 0 Å². The molecule has 2 aliphatic rings. The summed E-state index contributed by atoms with van der Waals surface area (Å²) in [7, 11) is 0. The average molecular weight is 330 g/mol. The third-order valence-corrected chi connectivity index (χ3v) is 6.68. The molecule has 0 spiro atoms. The minimum Gasteiger partial charge on any atom is -0.398 e. The van der Waals surface area contributed by atoms with Crippen LogP contribution in [-0.2, 0) is 17.6 Å². The molecule has 2 aliphatic heterocycles. The van der Waals surface area contributed by atoms with Crippen LogP contribution in [-0.4, -0.2) is 18.2 Å². The van der Waals surface area contributed by atoms with Gasteiger partial charge in [0.25, 0.3) is 0 Å². The van der Waals surface area contributed by atoms with Crippen LogP contribution in [0.2, 0.25) is 0 Å². The summed E-state index contributed by atoms with van der Waals surface area (Å²) >= 11 is 3.55. The van der Waals surface area contributed by atoms with Crippen LogP contribution in [0, 0.1) is 0 Å². The quantitative estimate of drug-likeness (QED) is 0.812. The van der Waals surface area contributed by atoms with Crippen LogP contribution in [0.25, 0.3) is 0 Å². The van der Waals surface area contributed by atoms with E-state index in [4.69, 9.17) is 5.73 Å². The number of nitrogens with zero attached hydrogens (tertiary/aromatic N) is 1. The van der Waals surface area contributed by atoms with E-state index in [1.54, 1.807) is 23.1 Å². The van der Waals surface area contributed by atoms with Crippen LogP contribution in [0.3, 0.4) is 0 Å². The second kappa shape index (κ2) is 5.63. The Labute approximate surface area is 138 Å². The number of anilines is 2. The van der Waals surface area contributed by atoms with Gasteiger partial charge in [-0.3, -0.25) is 4.79 Å². The highest BCUT2D eigenvalue weighted by Gasteiger charge is 2.34. The van der Waals surface area contributed by atoms with Crippen molar-refractivity contribution < 1.29 is 4.79 Å². The lowest BCUT2D eigenvalue weighted by Crippen LogP contribution is -2.39. The van der Waals surface area contributed by atoms with Gasteiger partial charge in [0.2, 0.25) is 5.91 Å². The summed E-state index contributed by atoms with van der Waals surface area (Å²) in [5, 5.41) is 2.06. The van der Waals surface area contributed by atoms with Gasteiger partial charge in [0.05, 0.1) is 0 Å². The van der Waals surface area contributed by atoms with Gasteiger partial charge in [0.15, 0.2) is 0 Å². The molecule has 0 radical (unpaired) electrons. The summed E-state index contributed by atoms with van der Waals surface area (Å²) in [5.74, 6) is 1.25. The molecule has 0 saturated heterocycles. The molecule has 1 unspecified atom stereocenters.